The Bertz CT molecular complexity index is 839. The Balaban J connectivity index is 1.53. The van der Waals surface area contributed by atoms with E-state index in [2.05, 4.69) is 10.2 Å². The van der Waals surface area contributed by atoms with Gasteiger partial charge in [-0.1, -0.05) is 18.2 Å². The van der Waals surface area contributed by atoms with E-state index in [1.165, 1.54) is 0 Å². The molecule has 7 heteroatoms. The zero-order valence-corrected chi connectivity index (χ0v) is 16.8. The average Bonchev–Trinajstić information content (AvgIpc) is 3.28. The molecule has 0 bridgehead atoms. The molecule has 2 fully saturated rings. The number of carbonyl (C=O) groups is 2. The van der Waals surface area contributed by atoms with Gasteiger partial charge in [-0.2, -0.15) is 0 Å². The summed E-state index contributed by atoms with van der Waals surface area (Å²) in [6.45, 7) is 6.78. The maximum Gasteiger partial charge on any atom is 0.321 e. The first-order valence-corrected chi connectivity index (χ1v) is 10.2. The third-order valence-electron chi connectivity index (χ3n) is 5.83. The van der Waals surface area contributed by atoms with Gasteiger partial charge in [0.25, 0.3) is 0 Å². The van der Waals surface area contributed by atoms with Crippen molar-refractivity contribution in [1.29, 1.82) is 0 Å². The summed E-state index contributed by atoms with van der Waals surface area (Å²) in [6.07, 6.45) is 2.16. The molecule has 2 aliphatic rings. The van der Waals surface area contributed by atoms with E-state index in [1.807, 2.05) is 59.2 Å². The van der Waals surface area contributed by atoms with E-state index in [1.54, 1.807) is 6.26 Å². The first-order valence-electron chi connectivity index (χ1n) is 10.2. The second-order valence-corrected chi connectivity index (χ2v) is 8.09. The Hall–Kier alpha value is -2.80. The van der Waals surface area contributed by atoms with E-state index in [9.17, 15) is 9.59 Å². The van der Waals surface area contributed by atoms with Gasteiger partial charge in [0.05, 0.1) is 12.8 Å². The Morgan fingerprint density at radius 2 is 1.93 bits per heavy atom. The second kappa shape index (κ2) is 8.29. The van der Waals surface area contributed by atoms with Crippen LogP contribution in [0.15, 0.2) is 53.1 Å². The van der Waals surface area contributed by atoms with Crippen molar-refractivity contribution in [3.63, 3.8) is 0 Å². The Kier molecular flexibility index (Phi) is 5.58. The van der Waals surface area contributed by atoms with Crippen molar-refractivity contribution in [1.82, 2.24) is 14.7 Å². The summed E-state index contributed by atoms with van der Waals surface area (Å²) in [5.74, 6) is 1.08. The Morgan fingerprint density at radius 3 is 2.62 bits per heavy atom. The van der Waals surface area contributed by atoms with Gasteiger partial charge in [-0.05, 0) is 31.2 Å². The summed E-state index contributed by atoms with van der Waals surface area (Å²) in [6, 6.07) is 13.2. The number of urea groups is 1. The molecule has 4 rings (SSSR count). The molecular formula is C22H28N4O3. The number of benzene rings is 1. The van der Waals surface area contributed by atoms with Crippen LogP contribution in [0.5, 0.6) is 0 Å². The van der Waals surface area contributed by atoms with Crippen LogP contribution in [0.4, 0.5) is 10.5 Å². The highest BCUT2D eigenvalue weighted by molar-refractivity contribution is 5.89. The van der Waals surface area contributed by atoms with Gasteiger partial charge in [0.2, 0.25) is 5.91 Å². The number of amides is 3. The van der Waals surface area contributed by atoms with Crippen LogP contribution in [-0.2, 0) is 11.3 Å². The zero-order chi connectivity index (χ0) is 20.3. The van der Waals surface area contributed by atoms with Crippen LogP contribution in [0, 0.1) is 5.41 Å². The molecule has 1 aromatic carbocycles. The van der Waals surface area contributed by atoms with E-state index >= 15 is 0 Å². The molecule has 2 aliphatic heterocycles. The fourth-order valence-corrected chi connectivity index (χ4v) is 4.49. The minimum atomic E-state index is -0.260. The molecule has 3 amide bonds. The summed E-state index contributed by atoms with van der Waals surface area (Å²) in [5, 5.41) is 2.99. The fraction of sp³-hybridized carbons (Fsp3) is 0.455. The number of likely N-dealkylation sites (tertiary alicyclic amines) is 1. The molecular weight excluding hydrogens is 368 g/mol. The molecule has 2 saturated heterocycles. The number of furan rings is 1. The van der Waals surface area contributed by atoms with E-state index in [4.69, 9.17) is 4.42 Å². The highest BCUT2D eigenvalue weighted by Crippen LogP contribution is 2.35. The molecule has 154 valence electrons. The molecule has 1 atom stereocenters. The number of hydrogen-bond acceptors (Lipinski definition) is 4. The number of hydrogen-bond donors (Lipinski definition) is 1. The summed E-state index contributed by atoms with van der Waals surface area (Å²) >= 11 is 0. The van der Waals surface area contributed by atoms with Crippen LogP contribution in [0.1, 0.15) is 19.1 Å². The first kappa shape index (κ1) is 19.5. The standard InChI is InChI=1S/C22H28N4O3/c1-2-25-16-22(13-20(25)27)15-24(14-19-9-6-12-29-19)10-11-26(17-22)21(28)23-18-7-4-3-5-8-18/h3-9,12H,2,10-11,13-17H2,1H3,(H,23,28). The molecule has 3 heterocycles. The number of nitrogens with one attached hydrogen (secondary N) is 1. The third kappa shape index (κ3) is 4.45. The lowest BCUT2D eigenvalue weighted by Crippen LogP contribution is -2.45. The largest absolute Gasteiger partial charge is 0.468 e. The van der Waals surface area contributed by atoms with E-state index < -0.39 is 0 Å². The van der Waals surface area contributed by atoms with Crippen molar-refractivity contribution >= 4 is 17.6 Å². The van der Waals surface area contributed by atoms with Crippen LogP contribution in [0.2, 0.25) is 0 Å². The maximum atomic E-state index is 13.0. The Labute approximate surface area is 171 Å². The number of para-hydroxylation sites is 1. The summed E-state index contributed by atoms with van der Waals surface area (Å²) in [7, 11) is 0. The van der Waals surface area contributed by atoms with Crippen LogP contribution in [-0.4, -0.2) is 65.9 Å². The molecule has 7 nitrogen and oxygen atoms in total. The van der Waals surface area contributed by atoms with E-state index in [0.29, 0.717) is 39.1 Å². The molecule has 1 aromatic heterocycles. The summed E-state index contributed by atoms with van der Waals surface area (Å²) < 4.78 is 5.53. The van der Waals surface area contributed by atoms with Crippen LogP contribution >= 0.6 is 0 Å². The SMILES string of the molecule is CCN1CC2(CC1=O)CN(Cc1ccco1)CCN(C(=O)Nc1ccccc1)C2. The average molecular weight is 396 g/mol. The predicted octanol–water partition coefficient (Wildman–Crippen LogP) is 2.87. The topological polar surface area (TPSA) is 69.0 Å². The zero-order valence-electron chi connectivity index (χ0n) is 16.8. The summed E-state index contributed by atoms with van der Waals surface area (Å²) in [5.41, 5.74) is 0.519. The second-order valence-electron chi connectivity index (χ2n) is 8.09. The van der Waals surface area contributed by atoms with Gasteiger partial charge in [-0.3, -0.25) is 9.69 Å². The molecule has 1 unspecified atom stereocenters. The highest BCUT2D eigenvalue weighted by atomic mass is 16.3. The van der Waals surface area contributed by atoms with Crippen LogP contribution < -0.4 is 5.32 Å². The molecule has 0 radical (unpaired) electrons. The van der Waals surface area contributed by atoms with Gasteiger partial charge in [-0.25, -0.2) is 4.79 Å². The third-order valence-corrected chi connectivity index (χ3v) is 5.83. The minimum Gasteiger partial charge on any atom is -0.468 e. The Morgan fingerprint density at radius 1 is 1.10 bits per heavy atom. The molecule has 1 N–H and O–H groups in total. The molecule has 0 saturated carbocycles. The van der Waals surface area contributed by atoms with Gasteiger partial charge in [0.1, 0.15) is 5.76 Å². The minimum absolute atomic E-state index is 0.113. The van der Waals surface area contributed by atoms with Gasteiger partial charge in [0, 0.05) is 56.8 Å². The van der Waals surface area contributed by atoms with Gasteiger partial charge < -0.3 is 19.5 Å². The molecule has 1 spiro atoms. The monoisotopic (exact) mass is 396 g/mol. The predicted molar refractivity (Wildman–Crippen MR) is 110 cm³/mol. The maximum absolute atomic E-state index is 13.0. The van der Waals surface area contributed by atoms with Gasteiger partial charge in [0.15, 0.2) is 0 Å². The fourth-order valence-electron chi connectivity index (χ4n) is 4.49. The normalized spacial score (nSPS) is 22.9. The molecule has 0 aliphatic carbocycles. The lowest BCUT2D eigenvalue weighted by Gasteiger charge is -2.33. The van der Waals surface area contributed by atoms with Crippen molar-refractivity contribution in [3.05, 3.63) is 54.5 Å². The molecule has 29 heavy (non-hydrogen) atoms. The van der Waals surface area contributed by atoms with Gasteiger partial charge >= 0.3 is 6.03 Å². The quantitative estimate of drug-likeness (QED) is 0.863. The lowest BCUT2D eigenvalue weighted by atomic mass is 9.86. The number of rotatable bonds is 4. The smallest absolute Gasteiger partial charge is 0.321 e. The van der Waals surface area contributed by atoms with Crippen molar-refractivity contribution in [2.75, 3.05) is 44.6 Å². The van der Waals surface area contributed by atoms with Crippen molar-refractivity contribution < 1.29 is 14.0 Å². The van der Waals surface area contributed by atoms with E-state index in [-0.39, 0.29) is 17.4 Å². The number of nitrogens with zero attached hydrogens (tertiary/aromatic N) is 3. The molecule has 2 aromatic rings. The van der Waals surface area contributed by atoms with Crippen molar-refractivity contribution in [3.8, 4) is 0 Å². The van der Waals surface area contributed by atoms with Crippen LogP contribution in [0.25, 0.3) is 0 Å². The number of carbonyl (C=O) groups excluding carboxylic acids is 2. The van der Waals surface area contributed by atoms with Crippen molar-refractivity contribution in [2.45, 2.75) is 19.9 Å². The lowest BCUT2D eigenvalue weighted by molar-refractivity contribution is -0.127. The van der Waals surface area contributed by atoms with Crippen molar-refractivity contribution in [2.24, 2.45) is 5.41 Å². The number of anilines is 1. The van der Waals surface area contributed by atoms with Gasteiger partial charge in [-0.15, -0.1) is 0 Å². The van der Waals surface area contributed by atoms with Crippen LogP contribution in [0.3, 0.4) is 0 Å². The highest BCUT2D eigenvalue weighted by Gasteiger charge is 2.46. The summed E-state index contributed by atoms with van der Waals surface area (Å²) in [4.78, 5) is 31.6. The van der Waals surface area contributed by atoms with E-state index in [0.717, 1.165) is 24.5 Å². The first-order chi connectivity index (χ1) is 14.1.